The Morgan fingerprint density at radius 1 is 1.46 bits per heavy atom. The van der Waals surface area contributed by atoms with Gasteiger partial charge in [-0.25, -0.2) is 0 Å². The summed E-state index contributed by atoms with van der Waals surface area (Å²) >= 11 is 3.44. The van der Waals surface area contributed by atoms with Gasteiger partial charge in [-0.15, -0.1) is 0 Å². The average molecular weight is 399 g/mol. The fourth-order valence-electron chi connectivity index (χ4n) is 2.80. The molecule has 24 heavy (non-hydrogen) atoms. The van der Waals surface area contributed by atoms with Gasteiger partial charge in [0.05, 0.1) is 19.3 Å². The van der Waals surface area contributed by atoms with Gasteiger partial charge in [0.2, 0.25) is 5.91 Å². The molecule has 1 saturated heterocycles. The normalized spacial score (nSPS) is 18.0. The number of hydrogen-bond donors (Lipinski definition) is 1. The Labute approximate surface area is 150 Å². The Hall–Kier alpha value is -1.44. The standard InChI is InChI=1S/C17H23BrN2O4/c1-19(12-17(22)23)10-15-11-20(7-8-24-15)16(21)6-5-13-3-2-4-14(18)9-13/h2-4,9,15H,5-8,10-12H2,1H3,(H,22,23). The van der Waals surface area contributed by atoms with E-state index in [9.17, 15) is 9.59 Å². The van der Waals surface area contributed by atoms with Gasteiger partial charge < -0.3 is 14.7 Å². The molecule has 1 aromatic carbocycles. The quantitative estimate of drug-likeness (QED) is 0.755. The van der Waals surface area contributed by atoms with Crippen molar-refractivity contribution < 1.29 is 19.4 Å². The summed E-state index contributed by atoms with van der Waals surface area (Å²) in [7, 11) is 1.74. The van der Waals surface area contributed by atoms with Crippen LogP contribution in [0.15, 0.2) is 28.7 Å². The predicted octanol–water partition coefficient (Wildman–Crippen LogP) is 1.63. The number of hydrogen-bond acceptors (Lipinski definition) is 4. The molecule has 1 aromatic rings. The van der Waals surface area contributed by atoms with Crippen molar-refractivity contribution in [1.29, 1.82) is 0 Å². The molecule has 1 amide bonds. The molecule has 0 aromatic heterocycles. The second-order valence-corrected chi connectivity index (χ2v) is 6.97. The van der Waals surface area contributed by atoms with Crippen molar-refractivity contribution >= 4 is 27.8 Å². The number of amides is 1. The van der Waals surface area contributed by atoms with Crippen LogP contribution < -0.4 is 0 Å². The Bertz CT molecular complexity index is 581. The first-order valence-electron chi connectivity index (χ1n) is 7.98. The maximum absolute atomic E-state index is 12.4. The van der Waals surface area contributed by atoms with Crippen molar-refractivity contribution in [2.75, 3.05) is 39.8 Å². The molecule has 2 rings (SSSR count). The van der Waals surface area contributed by atoms with E-state index in [0.717, 1.165) is 10.0 Å². The minimum atomic E-state index is -0.865. The van der Waals surface area contributed by atoms with E-state index in [-0.39, 0.29) is 18.6 Å². The number of carboxylic acids is 1. The number of halogens is 1. The molecule has 0 radical (unpaired) electrons. The number of likely N-dealkylation sites (N-methyl/N-ethyl adjacent to an activating group) is 1. The lowest BCUT2D eigenvalue weighted by Crippen LogP contribution is -2.49. The van der Waals surface area contributed by atoms with Crippen LogP contribution in [0, 0.1) is 0 Å². The van der Waals surface area contributed by atoms with E-state index in [4.69, 9.17) is 9.84 Å². The molecule has 132 valence electrons. The third-order valence-electron chi connectivity index (χ3n) is 3.93. The van der Waals surface area contributed by atoms with Crippen LogP contribution in [0.3, 0.4) is 0 Å². The predicted molar refractivity (Wildman–Crippen MR) is 93.9 cm³/mol. The molecular formula is C17H23BrN2O4. The second kappa shape index (κ2) is 9.15. The summed E-state index contributed by atoms with van der Waals surface area (Å²) in [5.74, 6) is -0.751. The van der Waals surface area contributed by atoms with Crippen molar-refractivity contribution in [1.82, 2.24) is 9.80 Å². The molecular weight excluding hydrogens is 376 g/mol. The van der Waals surface area contributed by atoms with Gasteiger partial charge in [-0.3, -0.25) is 14.5 Å². The van der Waals surface area contributed by atoms with E-state index in [1.807, 2.05) is 29.2 Å². The number of carboxylic acid groups (broad SMARTS) is 1. The topological polar surface area (TPSA) is 70.1 Å². The van der Waals surface area contributed by atoms with E-state index in [1.165, 1.54) is 0 Å². The Balaban J connectivity index is 1.80. The van der Waals surface area contributed by atoms with E-state index in [0.29, 0.717) is 39.1 Å². The van der Waals surface area contributed by atoms with Crippen LogP contribution in [0.25, 0.3) is 0 Å². The molecule has 1 aliphatic rings. The van der Waals surface area contributed by atoms with Crippen molar-refractivity contribution in [3.05, 3.63) is 34.3 Å². The van der Waals surface area contributed by atoms with Gasteiger partial charge in [-0.2, -0.15) is 0 Å². The van der Waals surface area contributed by atoms with Gasteiger partial charge >= 0.3 is 5.97 Å². The zero-order chi connectivity index (χ0) is 17.5. The van der Waals surface area contributed by atoms with Crippen LogP contribution in [0.2, 0.25) is 0 Å². The zero-order valence-electron chi connectivity index (χ0n) is 13.8. The molecule has 1 atom stereocenters. The summed E-state index contributed by atoms with van der Waals surface area (Å²) in [6.07, 6.45) is 1.03. The van der Waals surface area contributed by atoms with Gasteiger partial charge in [0.25, 0.3) is 0 Å². The molecule has 1 N–H and O–H groups in total. The lowest BCUT2D eigenvalue weighted by Gasteiger charge is -2.34. The number of rotatable bonds is 7. The molecule has 0 saturated carbocycles. The molecule has 1 fully saturated rings. The summed E-state index contributed by atoms with van der Waals surface area (Å²) in [4.78, 5) is 26.7. The van der Waals surface area contributed by atoms with E-state index < -0.39 is 5.97 Å². The van der Waals surface area contributed by atoms with E-state index in [1.54, 1.807) is 11.9 Å². The summed E-state index contributed by atoms with van der Waals surface area (Å²) in [5, 5.41) is 8.80. The van der Waals surface area contributed by atoms with Crippen molar-refractivity contribution in [2.24, 2.45) is 0 Å². The van der Waals surface area contributed by atoms with Crippen LogP contribution in [-0.2, 0) is 20.7 Å². The molecule has 0 spiro atoms. The number of nitrogens with zero attached hydrogens (tertiary/aromatic N) is 2. The summed E-state index contributed by atoms with van der Waals surface area (Å²) < 4.78 is 6.67. The highest BCUT2D eigenvalue weighted by atomic mass is 79.9. The van der Waals surface area contributed by atoms with Crippen LogP contribution in [0.1, 0.15) is 12.0 Å². The smallest absolute Gasteiger partial charge is 0.317 e. The summed E-state index contributed by atoms with van der Waals surface area (Å²) in [6.45, 7) is 2.07. The van der Waals surface area contributed by atoms with Gasteiger partial charge in [-0.1, -0.05) is 28.1 Å². The number of morpholine rings is 1. The van der Waals surface area contributed by atoms with Gasteiger partial charge in [0.15, 0.2) is 0 Å². The van der Waals surface area contributed by atoms with Gasteiger partial charge in [-0.05, 0) is 31.2 Å². The number of ether oxygens (including phenoxy) is 1. The first-order chi connectivity index (χ1) is 11.4. The van der Waals surface area contributed by atoms with Crippen LogP contribution in [0.4, 0.5) is 0 Å². The SMILES string of the molecule is CN(CC(=O)O)CC1CN(C(=O)CCc2cccc(Br)c2)CCO1. The number of aliphatic carboxylic acids is 1. The maximum atomic E-state index is 12.4. The Kier molecular flexibility index (Phi) is 7.20. The summed E-state index contributed by atoms with van der Waals surface area (Å²) in [5.41, 5.74) is 1.13. The first-order valence-corrected chi connectivity index (χ1v) is 8.77. The summed E-state index contributed by atoms with van der Waals surface area (Å²) in [6, 6.07) is 7.97. The largest absolute Gasteiger partial charge is 0.480 e. The number of carbonyl (C=O) groups excluding carboxylic acids is 1. The van der Waals surface area contributed by atoms with Crippen molar-refractivity contribution in [3.63, 3.8) is 0 Å². The molecule has 6 nitrogen and oxygen atoms in total. The Morgan fingerprint density at radius 3 is 2.96 bits per heavy atom. The third kappa shape index (κ3) is 6.22. The van der Waals surface area contributed by atoms with Gasteiger partial charge in [0.1, 0.15) is 0 Å². The number of aryl methyl sites for hydroxylation is 1. The maximum Gasteiger partial charge on any atom is 0.317 e. The van der Waals surface area contributed by atoms with Crippen LogP contribution in [0.5, 0.6) is 0 Å². The zero-order valence-corrected chi connectivity index (χ0v) is 15.4. The van der Waals surface area contributed by atoms with Gasteiger partial charge in [0, 0.05) is 30.5 Å². The highest BCUT2D eigenvalue weighted by molar-refractivity contribution is 9.10. The molecule has 1 heterocycles. The fraction of sp³-hybridized carbons (Fsp3) is 0.529. The molecule has 1 aliphatic heterocycles. The van der Waals surface area contributed by atoms with Crippen LogP contribution in [-0.4, -0.2) is 72.7 Å². The number of benzene rings is 1. The fourth-order valence-corrected chi connectivity index (χ4v) is 3.25. The van der Waals surface area contributed by atoms with E-state index >= 15 is 0 Å². The van der Waals surface area contributed by atoms with Crippen molar-refractivity contribution in [2.45, 2.75) is 18.9 Å². The van der Waals surface area contributed by atoms with Crippen molar-refractivity contribution in [3.8, 4) is 0 Å². The first kappa shape index (κ1) is 18.9. The minimum absolute atomic E-state index is 0.0311. The number of carbonyl (C=O) groups is 2. The average Bonchev–Trinajstić information content (AvgIpc) is 2.52. The minimum Gasteiger partial charge on any atom is -0.480 e. The molecule has 7 heteroatoms. The van der Waals surface area contributed by atoms with E-state index in [2.05, 4.69) is 15.9 Å². The Morgan fingerprint density at radius 2 is 2.25 bits per heavy atom. The second-order valence-electron chi connectivity index (χ2n) is 6.05. The monoisotopic (exact) mass is 398 g/mol. The lowest BCUT2D eigenvalue weighted by molar-refractivity contribution is -0.142. The van der Waals surface area contributed by atoms with Crippen LogP contribution >= 0.6 is 15.9 Å². The lowest BCUT2D eigenvalue weighted by atomic mass is 10.1. The molecule has 1 unspecified atom stereocenters. The molecule has 0 bridgehead atoms. The molecule has 0 aliphatic carbocycles. The highest BCUT2D eigenvalue weighted by Gasteiger charge is 2.25. The third-order valence-corrected chi connectivity index (χ3v) is 4.42. The highest BCUT2D eigenvalue weighted by Crippen LogP contribution is 2.14.